The van der Waals surface area contributed by atoms with Crippen LogP contribution in [0.15, 0.2) is 23.6 Å². The zero-order valence-corrected chi connectivity index (χ0v) is 14.3. The third kappa shape index (κ3) is 4.67. The van der Waals surface area contributed by atoms with Crippen LogP contribution in [-0.2, 0) is 4.79 Å². The van der Waals surface area contributed by atoms with Gasteiger partial charge >= 0.3 is 12.6 Å². The van der Waals surface area contributed by atoms with Crippen molar-refractivity contribution >= 4 is 28.3 Å². The molecule has 11 heteroatoms. The molecule has 1 aromatic heterocycles. The van der Waals surface area contributed by atoms with Crippen molar-refractivity contribution in [2.45, 2.75) is 25.6 Å². The average Bonchev–Trinajstić information content (AvgIpc) is 3.01. The monoisotopic (exact) mass is 402 g/mol. The number of amides is 1. The number of rotatable bonds is 7. The summed E-state index contributed by atoms with van der Waals surface area (Å²) in [4.78, 5) is 26.6. The number of nitrogens with zero attached hydrogens (tertiary/aromatic N) is 1. The van der Waals surface area contributed by atoms with Crippen LogP contribution in [0.1, 0.15) is 23.3 Å². The molecule has 0 spiro atoms. The second-order valence-electron chi connectivity index (χ2n) is 5.71. The van der Waals surface area contributed by atoms with Crippen molar-refractivity contribution in [3.05, 3.63) is 35.1 Å². The molecule has 1 aliphatic carbocycles. The fourth-order valence-electron chi connectivity index (χ4n) is 2.46. The van der Waals surface area contributed by atoms with Crippen molar-refractivity contribution in [1.82, 2.24) is 4.98 Å². The first-order chi connectivity index (χ1) is 12.8. The number of hydrogen-bond donors (Lipinski definition) is 2. The molecule has 0 radical (unpaired) electrons. The topological polar surface area (TPSA) is 97.8 Å². The smallest absolute Gasteiger partial charge is 0.387 e. The summed E-state index contributed by atoms with van der Waals surface area (Å²) >= 11 is 0.986. The predicted molar refractivity (Wildman–Crippen MR) is 87.9 cm³/mol. The first-order valence-corrected chi connectivity index (χ1v) is 8.60. The molecule has 0 unspecified atom stereocenters. The fraction of sp³-hybridized carbons (Fsp3) is 0.312. The van der Waals surface area contributed by atoms with Crippen molar-refractivity contribution in [2.75, 3.05) is 5.32 Å². The molecule has 2 N–H and O–H groups in total. The summed E-state index contributed by atoms with van der Waals surface area (Å²) in [5.74, 6) is -3.09. The molecule has 1 fully saturated rings. The van der Waals surface area contributed by atoms with Crippen LogP contribution < -0.4 is 14.8 Å². The van der Waals surface area contributed by atoms with Crippen LogP contribution in [0.5, 0.6) is 11.5 Å². The lowest BCUT2D eigenvalue weighted by atomic mass is 9.81. The van der Waals surface area contributed by atoms with Gasteiger partial charge in [-0.2, -0.15) is 8.78 Å². The molecule has 0 saturated heterocycles. The summed E-state index contributed by atoms with van der Waals surface area (Å²) in [6, 6.07) is 2.96. The molecular formula is C16H13F3N2O5S. The molecule has 0 aliphatic heterocycles. The van der Waals surface area contributed by atoms with Gasteiger partial charge in [-0.1, -0.05) is 0 Å². The minimum Gasteiger partial charge on any atom is -0.486 e. The lowest BCUT2D eigenvalue weighted by Gasteiger charge is -2.34. The van der Waals surface area contributed by atoms with Crippen molar-refractivity contribution in [2.24, 2.45) is 5.92 Å². The average molecular weight is 402 g/mol. The number of hydrogen-bond acceptors (Lipinski definition) is 6. The van der Waals surface area contributed by atoms with Gasteiger partial charge in [0.15, 0.2) is 22.3 Å². The number of ether oxygens (including phenoxy) is 2. The molecule has 27 heavy (non-hydrogen) atoms. The second kappa shape index (κ2) is 7.82. The molecule has 3 rings (SSSR count). The Hall–Kier alpha value is -2.82. The Morgan fingerprint density at radius 3 is 2.67 bits per heavy atom. The molecule has 0 bridgehead atoms. The Kier molecular flexibility index (Phi) is 5.49. The lowest BCUT2D eigenvalue weighted by Crippen LogP contribution is -2.40. The normalized spacial score (nSPS) is 18.7. The number of aromatic nitrogens is 1. The van der Waals surface area contributed by atoms with E-state index in [0.717, 1.165) is 29.5 Å². The van der Waals surface area contributed by atoms with Gasteiger partial charge in [0, 0.05) is 17.4 Å². The number of nitrogens with one attached hydrogen (secondary N) is 1. The van der Waals surface area contributed by atoms with E-state index < -0.39 is 30.4 Å². The molecule has 1 saturated carbocycles. The highest BCUT2D eigenvalue weighted by Gasteiger charge is 2.37. The number of carbonyl (C=O) groups excluding carboxylic acids is 1. The largest absolute Gasteiger partial charge is 0.486 e. The third-order valence-corrected chi connectivity index (χ3v) is 4.59. The number of carboxylic acids is 1. The Morgan fingerprint density at radius 2 is 2.04 bits per heavy atom. The number of thiazole rings is 1. The zero-order valence-electron chi connectivity index (χ0n) is 13.5. The highest BCUT2D eigenvalue weighted by molar-refractivity contribution is 7.14. The van der Waals surface area contributed by atoms with Gasteiger partial charge in [0.25, 0.3) is 0 Å². The summed E-state index contributed by atoms with van der Waals surface area (Å²) in [5, 5.41) is 12.8. The van der Waals surface area contributed by atoms with Gasteiger partial charge in [-0.05, 0) is 25.0 Å². The first-order valence-electron chi connectivity index (χ1n) is 7.72. The summed E-state index contributed by atoms with van der Waals surface area (Å²) in [6.07, 6.45) is 0.106. The van der Waals surface area contributed by atoms with E-state index in [-0.39, 0.29) is 41.1 Å². The van der Waals surface area contributed by atoms with Crippen LogP contribution in [0.25, 0.3) is 0 Å². The van der Waals surface area contributed by atoms with Gasteiger partial charge in [-0.25, -0.2) is 14.2 Å². The number of benzene rings is 1. The van der Waals surface area contributed by atoms with Gasteiger partial charge < -0.3 is 19.9 Å². The van der Waals surface area contributed by atoms with Gasteiger partial charge in [-0.15, -0.1) is 11.3 Å². The minimum atomic E-state index is -3.08. The standard InChI is InChI=1S/C16H13F3N2O5S/c17-8-1-2-11(26-15(18)19)12(5-8)25-9-3-7(4-9)13(22)21-16-20-10(6-27-16)14(23)24/h1-2,5-7,9,15H,3-4H2,(H,23,24)(H,20,21,22)/t7-,9-. The first kappa shape index (κ1) is 19.0. The molecule has 2 aromatic rings. The van der Waals surface area contributed by atoms with E-state index in [1.807, 2.05) is 0 Å². The molecule has 7 nitrogen and oxygen atoms in total. The molecule has 1 amide bonds. The highest BCUT2D eigenvalue weighted by Crippen LogP contribution is 2.37. The molecule has 0 atom stereocenters. The van der Waals surface area contributed by atoms with E-state index >= 15 is 0 Å². The van der Waals surface area contributed by atoms with Crippen LogP contribution in [0.4, 0.5) is 18.3 Å². The van der Waals surface area contributed by atoms with E-state index in [2.05, 4.69) is 15.0 Å². The van der Waals surface area contributed by atoms with Crippen LogP contribution in [0, 0.1) is 11.7 Å². The summed E-state index contributed by atoms with van der Waals surface area (Å²) in [7, 11) is 0. The molecular weight excluding hydrogens is 389 g/mol. The van der Waals surface area contributed by atoms with Crippen LogP contribution in [-0.4, -0.2) is 34.7 Å². The Balaban J connectivity index is 1.54. The van der Waals surface area contributed by atoms with Crippen molar-refractivity contribution in [1.29, 1.82) is 0 Å². The number of aromatic carboxylic acids is 1. The predicted octanol–water partition coefficient (Wildman–Crippen LogP) is 3.38. The van der Waals surface area contributed by atoms with Crippen LogP contribution >= 0.6 is 11.3 Å². The molecule has 1 aromatic carbocycles. The molecule has 144 valence electrons. The molecule has 1 heterocycles. The van der Waals surface area contributed by atoms with E-state index in [4.69, 9.17) is 9.84 Å². The maximum absolute atomic E-state index is 13.3. The van der Waals surface area contributed by atoms with Gasteiger partial charge in [0.2, 0.25) is 5.91 Å². The van der Waals surface area contributed by atoms with Crippen LogP contribution in [0.2, 0.25) is 0 Å². The van der Waals surface area contributed by atoms with Gasteiger partial charge in [0.1, 0.15) is 11.9 Å². The summed E-state index contributed by atoms with van der Waals surface area (Å²) in [5.41, 5.74) is -0.164. The van der Waals surface area contributed by atoms with E-state index in [1.54, 1.807) is 0 Å². The lowest BCUT2D eigenvalue weighted by molar-refractivity contribution is -0.125. The highest BCUT2D eigenvalue weighted by atomic mass is 32.1. The Morgan fingerprint density at radius 1 is 1.30 bits per heavy atom. The third-order valence-electron chi connectivity index (χ3n) is 3.83. The second-order valence-corrected chi connectivity index (χ2v) is 6.57. The SMILES string of the molecule is O=C(O)c1csc(NC(=O)[C@H]2C[C@H](Oc3cc(F)ccc3OC(F)F)C2)n1. The Labute approximate surface area is 154 Å². The van der Waals surface area contributed by atoms with E-state index in [0.29, 0.717) is 0 Å². The number of halogens is 3. The fourth-order valence-corrected chi connectivity index (χ4v) is 3.15. The maximum atomic E-state index is 13.3. The number of carboxylic acid groups (broad SMARTS) is 1. The number of alkyl halides is 2. The zero-order chi connectivity index (χ0) is 19.6. The Bertz CT molecular complexity index is 854. The summed E-state index contributed by atoms with van der Waals surface area (Å²) in [6.45, 7) is -3.08. The van der Waals surface area contributed by atoms with E-state index in [1.165, 1.54) is 5.38 Å². The number of anilines is 1. The van der Waals surface area contributed by atoms with Gasteiger partial charge in [0.05, 0.1) is 0 Å². The van der Waals surface area contributed by atoms with Crippen LogP contribution in [0.3, 0.4) is 0 Å². The number of carbonyl (C=O) groups is 2. The minimum absolute atomic E-state index is 0.162. The van der Waals surface area contributed by atoms with Crippen molar-refractivity contribution in [3.63, 3.8) is 0 Å². The van der Waals surface area contributed by atoms with Crippen molar-refractivity contribution in [3.8, 4) is 11.5 Å². The van der Waals surface area contributed by atoms with Crippen molar-refractivity contribution < 1.29 is 37.3 Å². The maximum Gasteiger partial charge on any atom is 0.387 e. The summed E-state index contributed by atoms with van der Waals surface area (Å²) < 4.78 is 47.9. The molecule has 1 aliphatic rings. The quantitative estimate of drug-likeness (QED) is 0.737. The van der Waals surface area contributed by atoms with E-state index in [9.17, 15) is 22.8 Å². The van der Waals surface area contributed by atoms with Gasteiger partial charge in [-0.3, -0.25) is 4.79 Å².